The van der Waals surface area contributed by atoms with Gasteiger partial charge in [0.25, 0.3) is 5.56 Å². The number of hydrogen-bond donors (Lipinski definition) is 3. The number of nitrogens with one attached hydrogen (secondary N) is 2. The number of H-pyrrole nitrogens is 1. The van der Waals surface area contributed by atoms with Crippen LogP contribution in [-0.4, -0.2) is 35.6 Å². The van der Waals surface area contributed by atoms with Crippen molar-refractivity contribution in [3.8, 4) is 0 Å². The Morgan fingerprint density at radius 3 is 3.20 bits per heavy atom. The van der Waals surface area contributed by atoms with Crippen molar-refractivity contribution in [2.24, 2.45) is 0 Å². The van der Waals surface area contributed by atoms with Crippen LogP contribution in [0.2, 0.25) is 0 Å². The lowest BCUT2D eigenvalue weighted by Crippen LogP contribution is -2.50. The number of nitrogen functional groups attached to an aromatic ring is 1. The Hall–Kier alpha value is -1.56. The summed E-state index contributed by atoms with van der Waals surface area (Å²) in [4.78, 5) is 19.9. The van der Waals surface area contributed by atoms with Gasteiger partial charge < -0.3 is 20.9 Å². The Balaban J connectivity index is 2.28. The van der Waals surface area contributed by atoms with E-state index in [4.69, 9.17) is 5.73 Å². The standard InChI is InChI=1S/C9H15N5O/c1-6-4-14(3-2-11-6)8-7(10)9(15)13-5-12-8/h5-6,11H,2-4,10H2,1H3,(H,12,13,15)/t6-/m1/s1. The predicted molar refractivity (Wildman–Crippen MR) is 58.9 cm³/mol. The Bertz CT molecular complexity index is 402. The smallest absolute Gasteiger partial charge is 0.276 e. The summed E-state index contributed by atoms with van der Waals surface area (Å²) in [6, 6.07) is 0.388. The topological polar surface area (TPSA) is 87.0 Å². The summed E-state index contributed by atoms with van der Waals surface area (Å²) in [5, 5.41) is 3.32. The van der Waals surface area contributed by atoms with E-state index in [1.165, 1.54) is 6.33 Å². The summed E-state index contributed by atoms with van der Waals surface area (Å²) in [6.45, 7) is 4.62. The van der Waals surface area contributed by atoms with Gasteiger partial charge in [-0.05, 0) is 6.92 Å². The van der Waals surface area contributed by atoms with Crippen LogP contribution in [0.25, 0.3) is 0 Å². The van der Waals surface area contributed by atoms with Crippen molar-refractivity contribution in [2.75, 3.05) is 30.3 Å². The first kappa shape index (κ1) is 9.97. The summed E-state index contributed by atoms with van der Waals surface area (Å²) in [5.74, 6) is 0.590. The Kier molecular flexibility index (Phi) is 2.59. The van der Waals surface area contributed by atoms with E-state index in [0.717, 1.165) is 19.6 Å². The van der Waals surface area contributed by atoms with E-state index < -0.39 is 0 Å². The number of nitrogens with zero attached hydrogens (tertiary/aromatic N) is 2. The average Bonchev–Trinajstić information content (AvgIpc) is 2.22. The average molecular weight is 209 g/mol. The number of anilines is 2. The zero-order valence-corrected chi connectivity index (χ0v) is 8.66. The highest BCUT2D eigenvalue weighted by Crippen LogP contribution is 2.16. The first-order chi connectivity index (χ1) is 7.18. The monoisotopic (exact) mass is 209 g/mol. The van der Waals surface area contributed by atoms with Crippen molar-refractivity contribution in [1.82, 2.24) is 15.3 Å². The van der Waals surface area contributed by atoms with Crippen molar-refractivity contribution < 1.29 is 0 Å². The van der Waals surface area contributed by atoms with Gasteiger partial charge in [0.2, 0.25) is 0 Å². The van der Waals surface area contributed by atoms with Crippen LogP contribution in [0.15, 0.2) is 11.1 Å². The highest BCUT2D eigenvalue weighted by atomic mass is 16.1. The molecule has 0 aliphatic carbocycles. The summed E-state index contributed by atoms with van der Waals surface area (Å²) < 4.78 is 0. The summed E-state index contributed by atoms with van der Waals surface area (Å²) >= 11 is 0. The van der Waals surface area contributed by atoms with Crippen LogP contribution in [0.5, 0.6) is 0 Å². The number of nitrogens with two attached hydrogens (primary N) is 1. The van der Waals surface area contributed by atoms with Gasteiger partial charge in [0.15, 0.2) is 5.82 Å². The van der Waals surface area contributed by atoms with Crippen LogP contribution in [0.1, 0.15) is 6.92 Å². The Labute approximate surface area is 87.5 Å². The molecule has 6 nitrogen and oxygen atoms in total. The first-order valence-electron chi connectivity index (χ1n) is 5.00. The molecule has 2 rings (SSSR count). The molecule has 1 aliphatic heterocycles. The van der Waals surface area contributed by atoms with Gasteiger partial charge >= 0.3 is 0 Å². The fourth-order valence-electron chi connectivity index (χ4n) is 1.78. The molecular weight excluding hydrogens is 194 g/mol. The van der Waals surface area contributed by atoms with Gasteiger partial charge in [0, 0.05) is 25.7 Å². The van der Waals surface area contributed by atoms with E-state index in [-0.39, 0.29) is 11.2 Å². The minimum absolute atomic E-state index is 0.201. The minimum Gasteiger partial charge on any atom is -0.391 e. The lowest BCUT2D eigenvalue weighted by Gasteiger charge is -2.32. The molecule has 4 N–H and O–H groups in total. The molecular formula is C9H15N5O. The molecule has 1 atom stereocenters. The van der Waals surface area contributed by atoms with Crippen molar-refractivity contribution in [1.29, 1.82) is 0 Å². The van der Waals surface area contributed by atoms with Crippen LogP contribution >= 0.6 is 0 Å². The van der Waals surface area contributed by atoms with Crippen molar-refractivity contribution in [3.05, 3.63) is 16.7 Å². The van der Waals surface area contributed by atoms with Gasteiger partial charge in [0.1, 0.15) is 5.69 Å². The maximum absolute atomic E-state index is 11.3. The molecule has 0 spiro atoms. The number of rotatable bonds is 1. The Morgan fingerprint density at radius 2 is 2.47 bits per heavy atom. The number of aromatic amines is 1. The van der Waals surface area contributed by atoms with Crippen LogP contribution in [0.4, 0.5) is 11.5 Å². The van der Waals surface area contributed by atoms with Crippen LogP contribution in [-0.2, 0) is 0 Å². The number of piperazine rings is 1. The van der Waals surface area contributed by atoms with E-state index >= 15 is 0 Å². The second kappa shape index (κ2) is 3.90. The largest absolute Gasteiger partial charge is 0.391 e. The molecule has 82 valence electrons. The molecule has 0 amide bonds. The van der Waals surface area contributed by atoms with Crippen LogP contribution in [0, 0.1) is 0 Å². The molecule has 1 aromatic rings. The molecule has 1 aliphatic rings. The van der Waals surface area contributed by atoms with E-state index in [2.05, 4.69) is 22.2 Å². The molecule has 0 radical (unpaired) electrons. The SMILES string of the molecule is C[C@@H]1CN(c2nc[nH]c(=O)c2N)CCN1. The molecule has 2 heterocycles. The van der Waals surface area contributed by atoms with Gasteiger partial charge in [-0.25, -0.2) is 4.98 Å². The van der Waals surface area contributed by atoms with Gasteiger partial charge in [-0.2, -0.15) is 0 Å². The molecule has 0 unspecified atom stereocenters. The fourth-order valence-corrected chi connectivity index (χ4v) is 1.78. The van der Waals surface area contributed by atoms with Gasteiger partial charge in [-0.3, -0.25) is 4.79 Å². The molecule has 1 saturated heterocycles. The van der Waals surface area contributed by atoms with Crippen molar-refractivity contribution >= 4 is 11.5 Å². The van der Waals surface area contributed by atoms with Gasteiger partial charge in [-0.15, -0.1) is 0 Å². The normalized spacial score (nSPS) is 21.7. The zero-order valence-electron chi connectivity index (χ0n) is 8.66. The summed E-state index contributed by atoms with van der Waals surface area (Å²) in [7, 11) is 0. The molecule has 1 aromatic heterocycles. The van der Waals surface area contributed by atoms with Gasteiger partial charge in [0.05, 0.1) is 6.33 Å². The first-order valence-corrected chi connectivity index (χ1v) is 5.00. The fraction of sp³-hybridized carbons (Fsp3) is 0.556. The van der Waals surface area contributed by atoms with E-state index in [9.17, 15) is 4.79 Å². The highest BCUT2D eigenvalue weighted by Gasteiger charge is 2.19. The molecule has 6 heteroatoms. The number of hydrogen-bond acceptors (Lipinski definition) is 5. The third-order valence-electron chi connectivity index (χ3n) is 2.54. The van der Waals surface area contributed by atoms with Crippen molar-refractivity contribution in [2.45, 2.75) is 13.0 Å². The summed E-state index contributed by atoms with van der Waals surface area (Å²) in [5.41, 5.74) is 5.62. The Morgan fingerprint density at radius 1 is 1.67 bits per heavy atom. The van der Waals surface area contributed by atoms with E-state index in [1.54, 1.807) is 0 Å². The minimum atomic E-state index is -0.272. The molecule has 0 bridgehead atoms. The maximum atomic E-state index is 11.3. The third kappa shape index (κ3) is 1.94. The molecule has 0 aromatic carbocycles. The molecule has 15 heavy (non-hydrogen) atoms. The molecule has 0 saturated carbocycles. The van der Waals surface area contributed by atoms with Crippen LogP contribution < -0.4 is 21.5 Å². The van der Waals surface area contributed by atoms with Crippen LogP contribution in [0.3, 0.4) is 0 Å². The lowest BCUT2D eigenvalue weighted by molar-refractivity contribution is 0.482. The number of aromatic nitrogens is 2. The van der Waals surface area contributed by atoms with Gasteiger partial charge in [-0.1, -0.05) is 0 Å². The molecule has 1 fully saturated rings. The predicted octanol–water partition coefficient (Wildman–Crippen LogP) is -0.850. The lowest BCUT2D eigenvalue weighted by atomic mass is 10.2. The maximum Gasteiger partial charge on any atom is 0.276 e. The summed E-state index contributed by atoms with van der Waals surface area (Å²) in [6.07, 6.45) is 1.39. The zero-order chi connectivity index (χ0) is 10.8. The quantitative estimate of drug-likeness (QED) is 0.561. The third-order valence-corrected chi connectivity index (χ3v) is 2.54. The van der Waals surface area contributed by atoms with E-state index in [0.29, 0.717) is 11.9 Å². The van der Waals surface area contributed by atoms with Crippen molar-refractivity contribution in [3.63, 3.8) is 0 Å². The van der Waals surface area contributed by atoms with E-state index in [1.807, 2.05) is 4.90 Å². The second-order valence-corrected chi connectivity index (χ2v) is 3.77. The second-order valence-electron chi connectivity index (χ2n) is 3.77. The highest BCUT2D eigenvalue weighted by molar-refractivity contribution is 5.61.